The molecule has 2 fully saturated rings. The Hall–Kier alpha value is -1.92. The second-order valence-corrected chi connectivity index (χ2v) is 8.93. The van der Waals surface area contributed by atoms with Crippen LogP contribution in [0.15, 0.2) is 24.3 Å². The quantitative estimate of drug-likeness (QED) is 0.0881. The van der Waals surface area contributed by atoms with Gasteiger partial charge in [0.1, 0.15) is 54.9 Å². The summed E-state index contributed by atoms with van der Waals surface area (Å²) in [6.45, 7) is 0.437. The molecule has 0 aliphatic carbocycles. The zero-order valence-electron chi connectivity index (χ0n) is 21.4. The van der Waals surface area contributed by atoms with Gasteiger partial charge in [0.15, 0.2) is 12.6 Å². The van der Waals surface area contributed by atoms with Crippen molar-refractivity contribution in [3.63, 3.8) is 0 Å². The molecule has 9 N–H and O–H groups in total. The van der Waals surface area contributed by atoms with Crippen molar-refractivity contribution in [3.05, 3.63) is 24.3 Å². The lowest BCUT2D eigenvalue weighted by Crippen LogP contribution is -2.62. The van der Waals surface area contributed by atoms with Gasteiger partial charge in [0, 0.05) is 13.0 Å². The van der Waals surface area contributed by atoms with Gasteiger partial charge < -0.3 is 64.9 Å². The van der Waals surface area contributed by atoms with Gasteiger partial charge in [-0.15, -0.1) is 0 Å². The molecule has 0 bridgehead atoms. The fourth-order valence-electron chi connectivity index (χ4n) is 3.76. The second kappa shape index (κ2) is 17.0. The minimum absolute atomic E-state index is 0.0731. The average molecular weight is 559 g/mol. The van der Waals surface area contributed by atoms with Crippen LogP contribution in [-0.2, 0) is 18.9 Å². The minimum atomic E-state index is -1.76. The van der Waals surface area contributed by atoms with E-state index in [0.29, 0.717) is 0 Å². The van der Waals surface area contributed by atoms with Crippen LogP contribution in [0.2, 0.25) is 0 Å². The van der Waals surface area contributed by atoms with Gasteiger partial charge in [0.2, 0.25) is 0 Å². The zero-order chi connectivity index (χ0) is 28.9. The van der Waals surface area contributed by atoms with E-state index in [0.717, 1.165) is 0 Å². The summed E-state index contributed by atoms with van der Waals surface area (Å²) in [5.41, 5.74) is 0. The molecule has 13 nitrogen and oxygen atoms in total. The molecule has 12 atom stereocenters. The Bertz CT molecular complexity index is 901. The molecule has 13 heteroatoms. The van der Waals surface area contributed by atoms with E-state index in [4.69, 9.17) is 24.1 Å². The van der Waals surface area contributed by atoms with Gasteiger partial charge in [-0.2, -0.15) is 0 Å². The Balaban J connectivity index is 2.10. The van der Waals surface area contributed by atoms with E-state index in [1.807, 2.05) is 0 Å². The third-order valence-electron chi connectivity index (χ3n) is 6.02. The molecule has 2 aliphatic heterocycles. The van der Waals surface area contributed by atoms with Crippen LogP contribution < -0.4 is 0 Å². The van der Waals surface area contributed by atoms with Crippen LogP contribution in [0.5, 0.6) is 0 Å². The molecule has 2 heterocycles. The molecule has 2 saturated heterocycles. The number of rotatable bonds is 11. The van der Waals surface area contributed by atoms with Crippen LogP contribution in [0.3, 0.4) is 0 Å². The van der Waals surface area contributed by atoms with Gasteiger partial charge in [-0.1, -0.05) is 30.1 Å². The van der Waals surface area contributed by atoms with E-state index in [1.165, 1.54) is 12.2 Å². The van der Waals surface area contributed by atoms with Gasteiger partial charge >= 0.3 is 0 Å². The Morgan fingerprint density at radius 2 is 1.49 bits per heavy atom. The average Bonchev–Trinajstić information content (AvgIpc) is 2.93. The lowest BCUT2D eigenvalue weighted by Gasteiger charge is -2.43. The van der Waals surface area contributed by atoms with Crippen molar-refractivity contribution in [1.29, 1.82) is 0 Å². The Morgan fingerprint density at radius 1 is 0.846 bits per heavy atom. The summed E-state index contributed by atoms with van der Waals surface area (Å²) in [5.74, 6) is 10.5. The Labute approximate surface area is 226 Å². The van der Waals surface area contributed by atoms with Crippen molar-refractivity contribution in [2.75, 3.05) is 19.8 Å². The maximum Gasteiger partial charge on any atom is 0.187 e. The third kappa shape index (κ3) is 9.60. The number of allylic oxidation sites excluding steroid dienone is 2. The maximum absolute atomic E-state index is 10.6. The fraction of sp³-hybridized carbons (Fsp3) is 0.692. The van der Waals surface area contributed by atoms with Gasteiger partial charge in [-0.25, -0.2) is 0 Å². The molecule has 2 rings (SSSR count). The Kier molecular flexibility index (Phi) is 14.5. The van der Waals surface area contributed by atoms with Crippen LogP contribution in [0.25, 0.3) is 0 Å². The van der Waals surface area contributed by atoms with Crippen LogP contribution in [-0.4, -0.2) is 139 Å². The van der Waals surface area contributed by atoms with Crippen molar-refractivity contribution >= 4 is 0 Å². The lowest BCUT2D eigenvalue weighted by atomic mass is 9.98. The van der Waals surface area contributed by atoms with E-state index < -0.39 is 86.8 Å². The zero-order valence-corrected chi connectivity index (χ0v) is 21.4. The molecule has 0 spiro atoms. The van der Waals surface area contributed by atoms with Crippen LogP contribution in [0, 0.1) is 23.7 Å². The molecular formula is C26H38O13. The first-order chi connectivity index (χ1) is 18.7. The van der Waals surface area contributed by atoms with E-state index in [-0.39, 0.29) is 19.4 Å². The molecule has 2 aliphatic rings. The van der Waals surface area contributed by atoms with Crippen molar-refractivity contribution in [2.45, 2.75) is 93.4 Å². The van der Waals surface area contributed by atoms with Crippen molar-refractivity contribution in [1.82, 2.24) is 0 Å². The SMILES string of the molecule is C/C=C/C#CC#CC[C@@H](O)[C@@H](/C=C/CCO)O[C@@H]1O[C@H](CO[C@@H]2O[C@H](CO)[C@@H](O)[C@H](O)[C@H]2O)[C@@H](O)[C@H](O)[C@H]1O. The predicted octanol–water partition coefficient (Wildman–Crippen LogP) is -3.73. The van der Waals surface area contributed by atoms with Gasteiger partial charge in [-0.3, -0.25) is 0 Å². The smallest absolute Gasteiger partial charge is 0.187 e. The molecule has 0 aromatic carbocycles. The van der Waals surface area contributed by atoms with Crippen molar-refractivity contribution in [3.8, 4) is 23.7 Å². The summed E-state index contributed by atoms with van der Waals surface area (Å²) in [6.07, 6.45) is -11.6. The summed E-state index contributed by atoms with van der Waals surface area (Å²) in [6, 6.07) is 0. The molecule has 39 heavy (non-hydrogen) atoms. The number of hydrogen-bond acceptors (Lipinski definition) is 13. The summed E-state index contributed by atoms with van der Waals surface area (Å²) in [5, 5.41) is 90.2. The standard InChI is InChI=1S/C26H38O13/c1-2-3-4-5-6-7-10-15(29)16(11-8-9-12-27)37-26-24(35)22(33)20(31)18(39-26)14-36-25-23(34)21(32)19(30)17(13-28)38-25/h2-3,8,11,15-35H,9-10,12-14H2,1H3/b3-2+,11-8+/t15-,16-,17-,18-,19-,20-,21+,22+,23-,24-,25-,26-/m1/s1. The highest BCUT2D eigenvalue weighted by Crippen LogP contribution is 2.27. The van der Waals surface area contributed by atoms with Crippen LogP contribution in [0.1, 0.15) is 19.8 Å². The highest BCUT2D eigenvalue weighted by molar-refractivity contribution is 5.30. The van der Waals surface area contributed by atoms with Gasteiger partial charge in [-0.05, 0) is 31.3 Å². The Morgan fingerprint density at radius 3 is 2.13 bits per heavy atom. The minimum Gasteiger partial charge on any atom is -0.396 e. The van der Waals surface area contributed by atoms with Crippen molar-refractivity contribution < 1.29 is 64.9 Å². The summed E-state index contributed by atoms with van der Waals surface area (Å²) >= 11 is 0. The van der Waals surface area contributed by atoms with Crippen molar-refractivity contribution in [2.24, 2.45) is 0 Å². The summed E-state index contributed by atoms with van der Waals surface area (Å²) in [7, 11) is 0. The number of ether oxygens (including phenoxy) is 4. The third-order valence-corrected chi connectivity index (χ3v) is 6.02. The molecule has 220 valence electrons. The first-order valence-electron chi connectivity index (χ1n) is 12.5. The molecule has 0 amide bonds. The summed E-state index contributed by atoms with van der Waals surface area (Å²) < 4.78 is 22.0. The largest absolute Gasteiger partial charge is 0.396 e. The first-order valence-corrected chi connectivity index (χ1v) is 12.5. The summed E-state index contributed by atoms with van der Waals surface area (Å²) in [4.78, 5) is 0. The molecule has 0 unspecified atom stereocenters. The van der Waals surface area contributed by atoms with E-state index in [9.17, 15) is 40.9 Å². The van der Waals surface area contributed by atoms with Crippen LogP contribution >= 0.6 is 0 Å². The number of aliphatic hydroxyl groups is 9. The van der Waals surface area contributed by atoms with E-state index in [1.54, 1.807) is 19.1 Å². The van der Waals surface area contributed by atoms with E-state index in [2.05, 4.69) is 23.7 Å². The number of hydrogen-bond donors (Lipinski definition) is 9. The topological polar surface area (TPSA) is 219 Å². The second-order valence-electron chi connectivity index (χ2n) is 8.93. The molecule has 0 aromatic rings. The lowest BCUT2D eigenvalue weighted by molar-refractivity contribution is -0.336. The highest BCUT2D eigenvalue weighted by Gasteiger charge is 2.48. The molecule has 0 aromatic heterocycles. The fourth-order valence-corrected chi connectivity index (χ4v) is 3.76. The monoisotopic (exact) mass is 558 g/mol. The van der Waals surface area contributed by atoms with E-state index >= 15 is 0 Å². The van der Waals surface area contributed by atoms with Crippen LogP contribution in [0.4, 0.5) is 0 Å². The highest BCUT2D eigenvalue weighted by atomic mass is 16.7. The maximum atomic E-state index is 10.6. The first kappa shape index (κ1) is 33.3. The van der Waals surface area contributed by atoms with Gasteiger partial charge in [0.05, 0.1) is 19.3 Å². The molecule has 0 radical (unpaired) electrons. The number of aliphatic hydroxyl groups excluding tert-OH is 9. The normalized spacial score (nSPS) is 36.7. The predicted molar refractivity (Wildman–Crippen MR) is 133 cm³/mol. The molecule has 0 saturated carbocycles. The van der Waals surface area contributed by atoms with Gasteiger partial charge in [0.25, 0.3) is 0 Å². The molecular weight excluding hydrogens is 520 g/mol.